The van der Waals surface area contributed by atoms with Crippen LogP contribution in [0.3, 0.4) is 0 Å². The second kappa shape index (κ2) is 5.81. The number of nitrogens with zero attached hydrogens (tertiary/aromatic N) is 1. The van der Waals surface area contributed by atoms with Gasteiger partial charge in [-0.25, -0.2) is 0 Å². The molecule has 5 heteroatoms. The summed E-state index contributed by atoms with van der Waals surface area (Å²) in [6.07, 6.45) is -0.177. The van der Waals surface area contributed by atoms with Gasteiger partial charge in [0.25, 0.3) is 5.91 Å². The lowest BCUT2D eigenvalue weighted by molar-refractivity contribution is -0.138. The van der Waals surface area contributed by atoms with Gasteiger partial charge in [-0.3, -0.25) is 9.59 Å². The maximum absolute atomic E-state index is 12.6. The molecule has 112 valence electrons. The Bertz CT molecular complexity index is 744. The van der Waals surface area contributed by atoms with Gasteiger partial charge in [-0.15, -0.1) is 0 Å². The summed E-state index contributed by atoms with van der Waals surface area (Å²) in [5, 5.41) is 9.69. The normalized spacial score (nSPS) is 14.8. The molecule has 0 spiro atoms. The van der Waals surface area contributed by atoms with Crippen molar-refractivity contribution in [1.29, 1.82) is 0 Å². The molecule has 0 bridgehead atoms. The first kappa shape index (κ1) is 14.6. The van der Waals surface area contributed by atoms with E-state index in [1.54, 1.807) is 35.2 Å². The van der Waals surface area contributed by atoms with Crippen molar-refractivity contribution in [1.82, 2.24) is 4.90 Å². The third kappa shape index (κ3) is 2.57. The maximum Gasteiger partial charge on any atom is 0.305 e. The molecule has 1 aliphatic rings. The molecule has 0 aromatic heterocycles. The van der Waals surface area contributed by atoms with Gasteiger partial charge >= 0.3 is 5.97 Å². The van der Waals surface area contributed by atoms with Crippen LogP contribution < -0.4 is 0 Å². The van der Waals surface area contributed by atoms with E-state index >= 15 is 0 Å². The third-order valence-electron chi connectivity index (χ3n) is 3.86. The molecule has 0 aliphatic carbocycles. The molecular weight excluding hydrogens is 302 g/mol. The highest BCUT2D eigenvalue weighted by molar-refractivity contribution is 6.31. The fourth-order valence-electron chi connectivity index (χ4n) is 2.83. The number of carboxylic acid groups (broad SMARTS) is 1. The Morgan fingerprint density at radius 3 is 2.55 bits per heavy atom. The van der Waals surface area contributed by atoms with Crippen molar-refractivity contribution in [3.63, 3.8) is 0 Å². The molecular formula is C17H14ClNO3. The smallest absolute Gasteiger partial charge is 0.305 e. The summed E-state index contributed by atoms with van der Waals surface area (Å²) in [6.45, 7) is 0.401. The van der Waals surface area contributed by atoms with Crippen LogP contribution in [-0.4, -0.2) is 21.9 Å². The number of carbonyl (C=O) groups excluding carboxylic acids is 1. The number of carbonyl (C=O) groups is 2. The molecule has 1 unspecified atom stereocenters. The van der Waals surface area contributed by atoms with E-state index < -0.39 is 12.0 Å². The fraction of sp³-hybridized carbons (Fsp3) is 0.176. The standard InChI is InChI=1S/C17H14ClNO3/c18-14-8-4-3-7-13(14)15(9-16(20)21)19-10-11-5-1-2-6-12(11)17(19)22/h1-8,15H,9-10H2,(H,20,21). The fourth-order valence-corrected chi connectivity index (χ4v) is 3.09. The summed E-state index contributed by atoms with van der Waals surface area (Å²) in [5.41, 5.74) is 2.20. The van der Waals surface area contributed by atoms with Crippen LogP contribution >= 0.6 is 11.6 Å². The van der Waals surface area contributed by atoms with E-state index in [1.165, 1.54) is 0 Å². The molecule has 2 aromatic carbocycles. The summed E-state index contributed by atoms with van der Waals surface area (Å²) in [7, 11) is 0. The summed E-state index contributed by atoms with van der Waals surface area (Å²) in [5.74, 6) is -1.12. The lowest BCUT2D eigenvalue weighted by Crippen LogP contribution is -2.31. The second-order valence-electron chi connectivity index (χ2n) is 5.23. The number of hydrogen-bond acceptors (Lipinski definition) is 2. The van der Waals surface area contributed by atoms with Gasteiger partial charge in [0.05, 0.1) is 12.5 Å². The zero-order chi connectivity index (χ0) is 15.7. The molecule has 4 nitrogen and oxygen atoms in total. The van der Waals surface area contributed by atoms with Crippen molar-refractivity contribution in [3.05, 3.63) is 70.2 Å². The van der Waals surface area contributed by atoms with Gasteiger partial charge in [-0.1, -0.05) is 48.0 Å². The van der Waals surface area contributed by atoms with Crippen molar-refractivity contribution in [2.45, 2.75) is 19.0 Å². The minimum Gasteiger partial charge on any atom is -0.481 e. The first-order chi connectivity index (χ1) is 10.6. The van der Waals surface area contributed by atoms with Crippen LogP contribution in [-0.2, 0) is 11.3 Å². The summed E-state index contributed by atoms with van der Waals surface area (Å²) < 4.78 is 0. The molecule has 1 atom stereocenters. The molecule has 0 radical (unpaired) electrons. The van der Waals surface area contributed by atoms with E-state index in [9.17, 15) is 14.7 Å². The minimum atomic E-state index is -0.964. The quantitative estimate of drug-likeness (QED) is 0.939. The predicted octanol–water partition coefficient (Wildman–Crippen LogP) is 3.51. The van der Waals surface area contributed by atoms with Crippen LogP contribution in [0.1, 0.15) is 33.9 Å². The number of fused-ring (bicyclic) bond motifs is 1. The number of hydrogen-bond donors (Lipinski definition) is 1. The average molecular weight is 316 g/mol. The van der Waals surface area contributed by atoms with Crippen molar-refractivity contribution in [3.8, 4) is 0 Å². The Hall–Kier alpha value is -2.33. The molecule has 0 fully saturated rings. The van der Waals surface area contributed by atoms with E-state index in [-0.39, 0.29) is 12.3 Å². The molecule has 0 saturated heterocycles. The van der Waals surface area contributed by atoms with E-state index in [1.807, 2.05) is 18.2 Å². The van der Waals surface area contributed by atoms with Gasteiger partial charge in [0, 0.05) is 17.1 Å². The monoisotopic (exact) mass is 315 g/mol. The molecule has 1 aliphatic heterocycles. The van der Waals surface area contributed by atoms with E-state index in [4.69, 9.17) is 11.6 Å². The maximum atomic E-state index is 12.6. The number of amides is 1. The van der Waals surface area contributed by atoms with Crippen molar-refractivity contribution in [2.75, 3.05) is 0 Å². The Kier molecular flexibility index (Phi) is 3.86. The Balaban J connectivity index is 2.00. The number of benzene rings is 2. The predicted molar refractivity (Wildman–Crippen MR) is 82.8 cm³/mol. The van der Waals surface area contributed by atoms with Crippen LogP contribution in [0.15, 0.2) is 48.5 Å². The van der Waals surface area contributed by atoms with Crippen LogP contribution in [0.25, 0.3) is 0 Å². The topological polar surface area (TPSA) is 57.6 Å². The number of rotatable bonds is 4. The van der Waals surface area contributed by atoms with Crippen molar-refractivity contribution in [2.24, 2.45) is 0 Å². The van der Waals surface area contributed by atoms with Gasteiger partial charge in [0.15, 0.2) is 0 Å². The molecule has 0 saturated carbocycles. The van der Waals surface area contributed by atoms with Crippen LogP contribution in [0.2, 0.25) is 5.02 Å². The van der Waals surface area contributed by atoms with E-state index in [2.05, 4.69) is 0 Å². The molecule has 1 N–H and O–H groups in total. The lowest BCUT2D eigenvalue weighted by Gasteiger charge is -2.27. The summed E-state index contributed by atoms with van der Waals surface area (Å²) in [4.78, 5) is 25.4. The van der Waals surface area contributed by atoms with Gasteiger partial charge in [0.1, 0.15) is 0 Å². The number of aliphatic carboxylic acids is 1. The van der Waals surface area contributed by atoms with Gasteiger partial charge in [-0.2, -0.15) is 0 Å². The van der Waals surface area contributed by atoms with Crippen LogP contribution in [0.4, 0.5) is 0 Å². The third-order valence-corrected chi connectivity index (χ3v) is 4.20. The number of halogens is 1. The molecule has 2 aromatic rings. The van der Waals surface area contributed by atoms with E-state index in [0.717, 1.165) is 5.56 Å². The van der Waals surface area contributed by atoms with Gasteiger partial charge in [0.2, 0.25) is 0 Å². The minimum absolute atomic E-state index is 0.151. The van der Waals surface area contributed by atoms with Gasteiger partial charge in [-0.05, 0) is 23.3 Å². The summed E-state index contributed by atoms with van der Waals surface area (Å²) >= 11 is 6.21. The van der Waals surface area contributed by atoms with Crippen molar-refractivity contribution >= 4 is 23.5 Å². The highest BCUT2D eigenvalue weighted by Gasteiger charge is 2.35. The molecule has 1 amide bonds. The Morgan fingerprint density at radius 2 is 1.86 bits per heavy atom. The lowest BCUT2D eigenvalue weighted by atomic mass is 10.0. The Labute approximate surface area is 132 Å². The molecule has 3 rings (SSSR count). The zero-order valence-corrected chi connectivity index (χ0v) is 12.5. The largest absolute Gasteiger partial charge is 0.481 e. The van der Waals surface area contributed by atoms with Crippen LogP contribution in [0.5, 0.6) is 0 Å². The van der Waals surface area contributed by atoms with Gasteiger partial charge < -0.3 is 10.0 Å². The first-order valence-electron chi connectivity index (χ1n) is 6.93. The first-order valence-corrected chi connectivity index (χ1v) is 7.31. The average Bonchev–Trinajstić information content (AvgIpc) is 2.83. The van der Waals surface area contributed by atoms with Crippen molar-refractivity contribution < 1.29 is 14.7 Å². The SMILES string of the molecule is O=C(O)CC(c1ccccc1Cl)N1Cc2ccccc2C1=O. The highest BCUT2D eigenvalue weighted by Crippen LogP contribution is 2.36. The second-order valence-corrected chi connectivity index (χ2v) is 5.63. The Morgan fingerprint density at radius 1 is 1.18 bits per heavy atom. The highest BCUT2D eigenvalue weighted by atomic mass is 35.5. The van der Waals surface area contributed by atoms with E-state index in [0.29, 0.717) is 22.7 Å². The summed E-state index contributed by atoms with van der Waals surface area (Å²) in [6, 6.07) is 13.8. The number of carboxylic acids is 1. The zero-order valence-electron chi connectivity index (χ0n) is 11.7. The molecule has 22 heavy (non-hydrogen) atoms. The van der Waals surface area contributed by atoms with Crippen LogP contribution in [0, 0.1) is 0 Å². The molecule has 1 heterocycles.